The van der Waals surface area contributed by atoms with Gasteiger partial charge in [0.1, 0.15) is 0 Å². The fourth-order valence-corrected chi connectivity index (χ4v) is 2.59. The molecule has 0 aliphatic carbocycles. The van der Waals surface area contributed by atoms with Crippen molar-refractivity contribution in [1.82, 2.24) is 5.16 Å². The Hall–Kier alpha value is -1.14. The fraction of sp³-hybridized carbons (Fsp3) is 0.0909. The second-order valence-corrected chi connectivity index (χ2v) is 5.28. The van der Waals surface area contributed by atoms with Crippen molar-refractivity contribution >= 4 is 43.7 Å². The van der Waals surface area contributed by atoms with Gasteiger partial charge in [0.25, 0.3) is 5.91 Å². The van der Waals surface area contributed by atoms with E-state index >= 15 is 0 Å². The molecule has 1 N–H and O–H groups in total. The lowest BCUT2D eigenvalue weighted by Gasteiger charge is -2.02. The highest BCUT2D eigenvalue weighted by molar-refractivity contribution is 9.11. The van der Waals surface area contributed by atoms with E-state index in [4.69, 9.17) is 4.52 Å². The van der Waals surface area contributed by atoms with Crippen LogP contribution in [0.3, 0.4) is 0 Å². The average Bonchev–Trinajstić information content (AvgIpc) is 2.62. The Kier molecular flexibility index (Phi) is 3.63. The first-order chi connectivity index (χ1) is 8.04. The van der Waals surface area contributed by atoms with E-state index in [1.165, 1.54) is 0 Å². The molecule has 0 atom stereocenters. The van der Waals surface area contributed by atoms with E-state index in [1.807, 2.05) is 6.07 Å². The lowest BCUT2D eigenvalue weighted by molar-refractivity contribution is 0.102. The lowest BCUT2D eigenvalue weighted by Crippen LogP contribution is -2.11. The van der Waals surface area contributed by atoms with Crippen molar-refractivity contribution in [1.29, 1.82) is 0 Å². The highest BCUT2D eigenvalue weighted by atomic mass is 79.9. The van der Waals surface area contributed by atoms with Crippen LogP contribution in [0.25, 0.3) is 0 Å². The Morgan fingerprint density at radius 1 is 1.24 bits per heavy atom. The van der Waals surface area contributed by atoms with Crippen LogP contribution in [-0.4, -0.2) is 11.1 Å². The first kappa shape index (κ1) is 12.3. The second-order valence-electron chi connectivity index (χ2n) is 3.44. The third-order valence-electron chi connectivity index (χ3n) is 1.99. The number of carbonyl (C=O) groups excluding carboxylic acids is 1. The van der Waals surface area contributed by atoms with E-state index < -0.39 is 0 Å². The molecular formula is C11H8Br2N2O2. The third kappa shape index (κ3) is 3.17. The number of hydrogen-bond donors (Lipinski definition) is 1. The number of halogens is 2. The van der Waals surface area contributed by atoms with Gasteiger partial charge in [0.15, 0.2) is 0 Å². The minimum atomic E-state index is -0.247. The molecule has 1 aromatic carbocycles. The zero-order valence-electron chi connectivity index (χ0n) is 8.83. The van der Waals surface area contributed by atoms with Gasteiger partial charge in [0.2, 0.25) is 5.88 Å². The lowest BCUT2D eigenvalue weighted by atomic mass is 10.2. The summed E-state index contributed by atoms with van der Waals surface area (Å²) in [6.45, 7) is 1.79. The van der Waals surface area contributed by atoms with Gasteiger partial charge >= 0.3 is 0 Å². The van der Waals surface area contributed by atoms with Gasteiger partial charge in [-0.2, -0.15) is 0 Å². The number of amides is 1. The van der Waals surface area contributed by atoms with Crippen molar-refractivity contribution in [3.63, 3.8) is 0 Å². The van der Waals surface area contributed by atoms with Gasteiger partial charge in [0, 0.05) is 20.6 Å². The molecule has 0 aliphatic rings. The van der Waals surface area contributed by atoms with E-state index in [0.29, 0.717) is 11.4 Å². The Morgan fingerprint density at radius 3 is 2.41 bits per heavy atom. The van der Waals surface area contributed by atoms with Crippen LogP contribution in [0.1, 0.15) is 16.1 Å². The molecule has 0 spiro atoms. The molecule has 0 fully saturated rings. The van der Waals surface area contributed by atoms with Gasteiger partial charge < -0.3 is 4.52 Å². The molecule has 1 heterocycles. The zero-order chi connectivity index (χ0) is 12.4. The SMILES string of the molecule is Cc1cc(NC(=O)c2cc(Br)cc(Br)c2)on1. The monoisotopic (exact) mass is 358 g/mol. The number of hydrogen-bond acceptors (Lipinski definition) is 3. The summed E-state index contributed by atoms with van der Waals surface area (Å²) in [5, 5.41) is 6.31. The first-order valence-electron chi connectivity index (χ1n) is 4.75. The highest BCUT2D eigenvalue weighted by Gasteiger charge is 2.10. The summed E-state index contributed by atoms with van der Waals surface area (Å²) in [6.07, 6.45) is 0. The van der Waals surface area contributed by atoms with E-state index in [9.17, 15) is 4.79 Å². The summed E-state index contributed by atoms with van der Waals surface area (Å²) in [5.74, 6) is 0.0896. The summed E-state index contributed by atoms with van der Waals surface area (Å²) in [5.41, 5.74) is 1.25. The number of nitrogens with zero attached hydrogens (tertiary/aromatic N) is 1. The predicted molar refractivity (Wildman–Crippen MR) is 71.0 cm³/mol. The molecule has 0 unspecified atom stereocenters. The van der Waals surface area contributed by atoms with Crippen molar-refractivity contribution in [3.05, 3.63) is 44.5 Å². The van der Waals surface area contributed by atoms with E-state index in [2.05, 4.69) is 42.3 Å². The van der Waals surface area contributed by atoms with Crippen LogP contribution in [0.5, 0.6) is 0 Å². The molecular weight excluding hydrogens is 352 g/mol. The molecule has 4 nitrogen and oxygen atoms in total. The quantitative estimate of drug-likeness (QED) is 0.888. The van der Waals surface area contributed by atoms with Gasteiger partial charge in [-0.05, 0) is 25.1 Å². The van der Waals surface area contributed by atoms with Crippen LogP contribution in [0.15, 0.2) is 37.7 Å². The van der Waals surface area contributed by atoms with Crippen molar-refractivity contribution in [2.45, 2.75) is 6.92 Å². The zero-order valence-corrected chi connectivity index (χ0v) is 12.0. The summed E-state index contributed by atoms with van der Waals surface area (Å²) >= 11 is 6.65. The smallest absolute Gasteiger partial charge is 0.258 e. The molecule has 0 saturated heterocycles. The number of nitrogens with one attached hydrogen (secondary N) is 1. The molecule has 0 radical (unpaired) electrons. The van der Waals surface area contributed by atoms with Gasteiger partial charge in [-0.3, -0.25) is 10.1 Å². The Morgan fingerprint density at radius 2 is 1.88 bits per heavy atom. The number of anilines is 1. The summed E-state index contributed by atoms with van der Waals surface area (Å²) in [7, 11) is 0. The topological polar surface area (TPSA) is 55.1 Å². The van der Waals surface area contributed by atoms with Gasteiger partial charge in [-0.1, -0.05) is 37.0 Å². The number of rotatable bonds is 2. The summed E-state index contributed by atoms with van der Waals surface area (Å²) in [6, 6.07) is 6.97. The van der Waals surface area contributed by atoms with Crippen molar-refractivity contribution in [2.75, 3.05) is 5.32 Å². The Labute approximate surface area is 115 Å². The maximum absolute atomic E-state index is 11.9. The number of aromatic nitrogens is 1. The summed E-state index contributed by atoms with van der Waals surface area (Å²) < 4.78 is 6.56. The molecule has 0 aliphatic heterocycles. The molecule has 6 heteroatoms. The molecule has 1 amide bonds. The number of benzene rings is 1. The van der Waals surface area contributed by atoms with Crippen LogP contribution in [-0.2, 0) is 0 Å². The van der Waals surface area contributed by atoms with Gasteiger partial charge in [0.05, 0.1) is 5.69 Å². The largest absolute Gasteiger partial charge is 0.338 e. The molecule has 0 saturated carbocycles. The number of aryl methyl sites for hydroxylation is 1. The molecule has 88 valence electrons. The molecule has 2 aromatic rings. The standard InChI is InChI=1S/C11H8Br2N2O2/c1-6-2-10(17-15-6)14-11(16)7-3-8(12)5-9(13)4-7/h2-5H,1H3,(H,14,16). The Balaban J connectivity index is 2.19. The van der Waals surface area contributed by atoms with E-state index in [-0.39, 0.29) is 5.91 Å². The van der Waals surface area contributed by atoms with Crippen molar-refractivity contribution in [2.24, 2.45) is 0 Å². The fourth-order valence-electron chi connectivity index (χ4n) is 1.29. The van der Waals surface area contributed by atoms with Crippen LogP contribution in [0.4, 0.5) is 5.88 Å². The average molecular weight is 360 g/mol. The normalized spacial score (nSPS) is 10.3. The van der Waals surface area contributed by atoms with E-state index in [0.717, 1.165) is 14.6 Å². The highest BCUT2D eigenvalue weighted by Crippen LogP contribution is 2.21. The molecule has 0 bridgehead atoms. The maximum Gasteiger partial charge on any atom is 0.258 e. The van der Waals surface area contributed by atoms with Crippen LogP contribution in [0.2, 0.25) is 0 Å². The van der Waals surface area contributed by atoms with Crippen molar-refractivity contribution in [3.8, 4) is 0 Å². The van der Waals surface area contributed by atoms with Crippen LogP contribution < -0.4 is 5.32 Å². The van der Waals surface area contributed by atoms with Gasteiger partial charge in [-0.25, -0.2) is 0 Å². The van der Waals surface area contributed by atoms with E-state index in [1.54, 1.807) is 25.1 Å². The minimum absolute atomic E-state index is 0.247. The minimum Gasteiger partial charge on any atom is -0.338 e. The van der Waals surface area contributed by atoms with Crippen LogP contribution in [0, 0.1) is 6.92 Å². The second kappa shape index (κ2) is 5.01. The van der Waals surface area contributed by atoms with Crippen LogP contribution >= 0.6 is 31.9 Å². The summed E-state index contributed by atoms with van der Waals surface area (Å²) in [4.78, 5) is 11.9. The molecule has 1 aromatic heterocycles. The maximum atomic E-state index is 11.9. The third-order valence-corrected chi connectivity index (χ3v) is 2.91. The molecule has 2 rings (SSSR count). The number of carbonyl (C=O) groups is 1. The molecule has 17 heavy (non-hydrogen) atoms. The Bertz CT molecular complexity index is 546. The van der Waals surface area contributed by atoms with Gasteiger partial charge in [-0.15, -0.1) is 0 Å². The predicted octanol–water partition coefficient (Wildman–Crippen LogP) is 3.76. The van der Waals surface area contributed by atoms with Crippen molar-refractivity contribution < 1.29 is 9.32 Å². The first-order valence-corrected chi connectivity index (χ1v) is 6.34.